The van der Waals surface area contributed by atoms with Crippen molar-refractivity contribution in [3.8, 4) is 0 Å². The van der Waals surface area contributed by atoms with E-state index >= 15 is 0 Å². The smallest absolute Gasteiger partial charge is 0.306 e. The molecule has 108 valence electrons. The third-order valence-electron chi connectivity index (χ3n) is 3.14. The number of aromatic nitrogens is 2. The van der Waals surface area contributed by atoms with E-state index in [9.17, 15) is 4.79 Å². The van der Waals surface area contributed by atoms with Gasteiger partial charge in [0.15, 0.2) is 0 Å². The van der Waals surface area contributed by atoms with Gasteiger partial charge >= 0.3 is 5.69 Å². The normalized spacial score (nSPS) is 12.8. The Morgan fingerprint density at radius 3 is 2.43 bits per heavy atom. The molecule has 1 atom stereocenters. The Labute approximate surface area is 155 Å². The Bertz CT molecular complexity index is 890. The summed E-state index contributed by atoms with van der Waals surface area (Å²) in [5.74, 6) is 0. The standard InChI is InChI=1S/C14H8Br2ClIN2O/c15-6-1-2-10(18)8(3-6)13(17)7-4-11-12(5-9(7)16)20-14(21)19-11/h1-5,13H,(H2,19,20,21). The Hall–Kier alpha value is -0.310. The van der Waals surface area contributed by atoms with Crippen LogP contribution < -0.4 is 5.69 Å². The van der Waals surface area contributed by atoms with Crippen LogP contribution in [-0.4, -0.2) is 9.97 Å². The minimum absolute atomic E-state index is 0.225. The summed E-state index contributed by atoms with van der Waals surface area (Å²) in [6.45, 7) is 0. The van der Waals surface area contributed by atoms with Gasteiger partial charge in [-0.25, -0.2) is 4.79 Å². The molecule has 1 unspecified atom stereocenters. The van der Waals surface area contributed by atoms with Crippen LogP contribution in [0.25, 0.3) is 11.0 Å². The first-order valence-electron chi connectivity index (χ1n) is 5.96. The number of nitrogens with one attached hydrogen (secondary N) is 2. The van der Waals surface area contributed by atoms with Gasteiger partial charge in [-0.15, -0.1) is 11.6 Å². The number of hydrogen-bond donors (Lipinski definition) is 2. The van der Waals surface area contributed by atoms with E-state index in [-0.39, 0.29) is 11.1 Å². The minimum atomic E-state index is -0.313. The van der Waals surface area contributed by atoms with E-state index in [0.717, 1.165) is 34.7 Å². The highest BCUT2D eigenvalue weighted by atomic mass is 127. The molecule has 7 heteroatoms. The van der Waals surface area contributed by atoms with Gasteiger partial charge in [-0.2, -0.15) is 0 Å². The topological polar surface area (TPSA) is 48.6 Å². The van der Waals surface area contributed by atoms with Crippen LogP contribution in [0, 0.1) is 3.57 Å². The van der Waals surface area contributed by atoms with Crippen molar-refractivity contribution in [2.75, 3.05) is 0 Å². The largest absolute Gasteiger partial charge is 0.323 e. The van der Waals surface area contributed by atoms with Crippen LogP contribution in [0.5, 0.6) is 0 Å². The number of rotatable bonds is 2. The third kappa shape index (κ3) is 3.09. The molecule has 0 saturated heterocycles. The predicted molar refractivity (Wildman–Crippen MR) is 101 cm³/mol. The summed E-state index contributed by atoms with van der Waals surface area (Å²) in [7, 11) is 0. The van der Waals surface area contributed by atoms with Crippen LogP contribution in [0.4, 0.5) is 0 Å². The molecule has 0 aliphatic carbocycles. The fourth-order valence-corrected chi connectivity index (χ4v) is 4.42. The number of fused-ring (bicyclic) bond motifs is 1. The number of imidazole rings is 1. The van der Waals surface area contributed by atoms with E-state index in [4.69, 9.17) is 11.6 Å². The molecule has 0 saturated carbocycles. The van der Waals surface area contributed by atoms with Crippen molar-refractivity contribution in [2.45, 2.75) is 5.38 Å². The number of alkyl halides is 1. The van der Waals surface area contributed by atoms with Gasteiger partial charge in [0.1, 0.15) is 0 Å². The summed E-state index contributed by atoms with van der Waals surface area (Å²) in [5, 5.41) is -0.313. The van der Waals surface area contributed by atoms with Crippen molar-refractivity contribution in [1.29, 1.82) is 0 Å². The summed E-state index contributed by atoms with van der Waals surface area (Å²) < 4.78 is 2.93. The van der Waals surface area contributed by atoms with Crippen molar-refractivity contribution in [3.63, 3.8) is 0 Å². The molecule has 0 amide bonds. The van der Waals surface area contributed by atoms with E-state index < -0.39 is 0 Å². The van der Waals surface area contributed by atoms with Gasteiger partial charge < -0.3 is 9.97 Å². The molecule has 2 N–H and O–H groups in total. The van der Waals surface area contributed by atoms with E-state index in [0.29, 0.717) is 0 Å². The lowest BCUT2D eigenvalue weighted by atomic mass is 10.0. The van der Waals surface area contributed by atoms with Crippen LogP contribution in [0.1, 0.15) is 16.5 Å². The molecule has 0 aliphatic heterocycles. The third-order valence-corrected chi connectivity index (χ3v) is 5.77. The van der Waals surface area contributed by atoms with Gasteiger partial charge in [0.05, 0.1) is 16.4 Å². The van der Waals surface area contributed by atoms with Crippen LogP contribution >= 0.6 is 66.1 Å². The van der Waals surface area contributed by atoms with E-state index in [1.54, 1.807) is 0 Å². The second-order valence-corrected chi connectivity index (χ2v) is 7.90. The van der Waals surface area contributed by atoms with E-state index in [2.05, 4.69) is 64.4 Å². The first-order valence-corrected chi connectivity index (χ1v) is 9.06. The quantitative estimate of drug-likeness (QED) is 0.335. The van der Waals surface area contributed by atoms with Gasteiger partial charge in [0.2, 0.25) is 0 Å². The van der Waals surface area contributed by atoms with Gasteiger partial charge in [-0.05, 0) is 64.0 Å². The molecule has 3 aromatic rings. The van der Waals surface area contributed by atoms with Crippen LogP contribution in [0.15, 0.2) is 44.1 Å². The molecular weight excluding hydrogens is 534 g/mol. The van der Waals surface area contributed by atoms with Crippen molar-refractivity contribution in [1.82, 2.24) is 9.97 Å². The average molecular weight is 542 g/mol. The first-order chi connectivity index (χ1) is 9.95. The zero-order valence-corrected chi connectivity index (χ0v) is 16.5. The molecule has 0 aliphatic rings. The molecule has 0 fully saturated rings. The number of hydrogen-bond acceptors (Lipinski definition) is 1. The number of H-pyrrole nitrogens is 2. The Kier molecular flexibility index (Phi) is 4.50. The highest BCUT2D eigenvalue weighted by molar-refractivity contribution is 14.1. The number of benzene rings is 2. The van der Waals surface area contributed by atoms with Gasteiger partial charge in [0.25, 0.3) is 0 Å². The van der Waals surface area contributed by atoms with Gasteiger partial charge in [-0.3, -0.25) is 0 Å². The second-order valence-electron chi connectivity index (χ2n) is 4.53. The number of aromatic amines is 2. The number of halogens is 4. The second kappa shape index (κ2) is 6.06. The zero-order valence-electron chi connectivity index (χ0n) is 10.4. The first kappa shape index (κ1) is 15.6. The van der Waals surface area contributed by atoms with Crippen molar-refractivity contribution in [2.24, 2.45) is 0 Å². The average Bonchev–Trinajstić information content (AvgIpc) is 2.79. The molecule has 0 spiro atoms. The van der Waals surface area contributed by atoms with Crippen LogP contribution in [0.2, 0.25) is 0 Å². The lowest BCUT2D eigenvalue weighted by Crippen LogP contribution is -1.99. The molecule has 3 rings (SSSR count). The summed E-state index contributed by atoms with van der Waals surface area (Å²) in [6.07, 6.45) is 0. The van der Waals surface area contributed by atoms with Gasteiger partial charge in [0, 0.05) is 12.5 Å². The lowest BCUT2D eigenvalue weighted by Gasteiger charge is -2.15. The minimum Gasteiger partial charge on any atom is -0.306 e. The highest BCUT2D eigenvalue weighted by Crippen LogP contribution is 2.38. The predicted octanol–water partition coefficient (Wildman–Crippen LogP) is 5.31. The van der Waals surface area contributed by atoms with E-state index in [1.807, 2.05) is 30.3 Å². The summed E-state index contributed by atoms with van der Waals surface area (Å²) in [5.41, 5.74) is 3.20. The maximum Gasteiger partial charge on any atom is 0.323 e. The molecule has 1 aromatic heterocycles. The molecule has 2 aromatic carbocycles. The maximum atomic E-state index is 11.4. The SMILES string of the molecule is O=c1[nH]c2cc(Br)c(C(Cl)c3cc(Br)ccc3I)cc2[nH]1. The van der Waals surface area contributed by atoms with Crippen LogP contribution in [0.3, 0.4) is 0 Å². The Balaban J connectivity index is 2.16. The Morgan fingerprint density at radius 1 is 1.05 bits per heavy atom. The fraction of sp³-hybridized carbons (Fsp3) is 0.0714. The molecule has 0 bridgehead atoms. The maximum absolute atomic E-state index is 11.4. The monoisotopic (exact) mass is 540 g/mol. The fourth-order valence-electron chi connectivity index (χ4n) is 2.14. The van der Waals surface area contributed by atoms with Crippen LogP contribution in [-0.2, 0) is 0 Å². The van der Waals surface area contributed by atoms with E-state index in [1.165, 1.54) is 0 Å². The molecule has 1 heterocycles. The van der Waals surface area contributed by atoms with Crippen molar-refractivity contribution in [3.05, 3.63) is 64.5 Å². The summed E-state index contributed by atoms with van der Waals surface area (Å²) in [6, 6.07) is 9.77. The molecule has 3 nitrogen and oxygen atoms in total. The van der Waals surface area contributed by atoms with Crippen molar-refractivity contribution >= 4 is 77.1 Å². The highest BCUT2D eigenvalue weighted by Gasteiger charge is 2.18. The molecule has 0 radical (unpaired) electrons. The van der Waals surface area contributed by atoms with Crippen molar-refractivity contribution < 1.29 is 0 Å². The lowest BCUT2D eigenvalue weighted by molar-refractivity contribution is 1.12. The summed E-state index contributed by atoms with van der Waals surface area (Å²) >= 11 is 15.9. The molecular formula is C14H8Br2ClIN2O. The molecule has 21 heavy (non-hydrogen) atoms. The zero-order chi connectivity index (χ0) is 15.1. The van der Waals surface area contributed by atoms with Gasteiger partial charge in [-0.1, -0.05) is 31.9 Å². The Morgan fingerprint density at radius 2 is 1.71 bits per heavy atom. The summed E-state index contributed by atoms with van der Waals surface area (Å²) in [4.78, 5) is 16.9.